The van der Waals surface area contributed by atoms with E-state index in [1.54, 1.807) is 12.4 Å². The predicted octanol–water partition coefficient (Wildman–Crippen LogP) is 1.32. The maximum Gasteiger partial charge on any atom is 0.227 e. The Balaban J connectivity index is 0.000000149. The summed E-state index contributed by atoms with van der Waals surface area (Å²) in [6.07, 6.45) is 5.06. The van der Waals surface area contributed by atoms with Crippen LogP contribution in [0, 0.1) is 0 Å². The predicted molar refractivity (Wildman–Crippen MR) is 107 cm³/mol. The monoisotopic (exact) mass is 490 g/mol. The van der Waals surface area contributed by atoms with E-state index >= 15 is 0 Å². The van der Waals surface area contributed by atoms with Gasteiger partial charge in [-0.25, -0.2) is 0 Å². The van der Waals surface area contributed by atoms with Crippen LogP contribution in [0.4, 0.5) is 0 Å². The first-order valence-electron chi connectivity index (χ1n) is 9.84. The van der Waals surface area contributed by atoms with E-state index in [2.05, 4.69) is 9.97 Å². The molecular weight excluding hydrogens is 469 g/mol. The molecule has 6 rings (SSSR count). The first-order valence-corrected chi connectivity index (χ1v) is 9.84. The fraction of sp³-hybridized carbons (Fsp3) is 0.273. The van der Waals surface area contributed by atoms with Crippen LogP contribution in [0.1, 0.15) is 0 Å². The van der Waals surface area contributed by atoms with Gasteiger partial charge in [0.1, 0.15) is 11.4 Å². The van der Waals surface area contributed by atoms with Crippen molar-refractivity contribution in [2.24, 2.45) is 0 Å². The van der Waals surface area contributed by atoms with Crippen molar-refractivity contribution in [2.45, 2.75) is 0 Å². The second-order valence-corrected chi connectivity index (χ2v) is 7.31. The zero-order chi connectivity index (χ0) is 19.8. The molecule has 0 atom stereocenters. The molecule has 0 unspecified atom stereocenters. The summed E-state index contributed by atoms with van der Waals surface area (Å²) in [7, 11) is 0. The first-order chi connectivity index (χ1) is 14.2. The van der Waals surface area contributed by atoms with Crippen LogP contribution in [0.25, 0.3) is 11.4 Å². The number of ketones is 2. The Morgan fingerprint density at radius 1 is 0.667 bits per heavy atom. The molecular formula is C22H21N5O2Rh. The standard InChI is InChI=1S/C12H13N3O2.C10H8N2.Rh/c16-9-7-8(13-1-2-13)12(17)11(15-5-6-15)10(9)14-3-4-14;1-3-7-11-9(5-1)10-6-2-4-8-12-10;/h7H,1-6H2;1-8H;. The van der Waals surface area contributed by atoms with Crippen LogP contribution >= 0.6 is 0 Å². The van der Waals surface area contributed by atoms with Gasteiger partial charge in [-0.1, -0.05) is 12.1 Å². The van der Waals surface area contributed by atoms with Gasteiger partial charge in [-0.3, -0.25) is 19.6 Å². The summed E-state index contributed by atoms with van der Waals surface area (Å²) >= 11 is 0. The maximum absolute atomic E-state index is 12.4. The summed E-state index contributed by atoms with van der Waals surface area (Å²) < 4.78 is 0. The van der Waals surface area contributed by atoms with Gasteiger partial charge in [-0.15, -0.1) is 0 Å². The Kier molecular flexibility index (Phi) is 5.77. The molecule has 0 aromatic carbocycles. The summed E-state index contributed by atoms with van der Waals surface area (Å²) in [5.74, 6) is 0.0485. The van der Waals surface area contributed by atoms with Gasteiger partial charge in [0.15, 0.2) is 0 Å². The average Bonchev–Trinajstić information content (AvgIpc) is 3.60. The Morgan fingerprint density at radius 2 is 1.17 bits per heavy atom. The molecule has 5 heterocycles. The third kappa shape index (κ3) is 4.34. The average molecular weight is 490 g/mol. The molecule has 155 valence electrons. The maximum atomic E-state index is 12.4. The third-order valence-corrected chi connectivity index (χ3v) is 5.08. The minimum absolute atomic E-state index is 0. The molecule has 0 spiro atoms. The molecule has 1 radical (unpaired) electrons. The van der Waals surface area contributed by atoms with E-state index in [1.165, 1.54) is 6.08 Å². The molecule has 0 bridgehead atoms. The van der Waals surface area contributed by atoms with Crippen molar-refractivity contribution in [3.63, 3.8) is 0 Å². The van der Waals surface area contributed by atoms with Crippen molar-refractivity contribution in [2.75, 3.05) is 39.3 Å². The van der Waals surface area contributed by atoms with Crippen molar-refractivity contribution in [3.8, 4) is 11.4 Å². The molecule has 0 amide bonds. The van der Waals surface area contributed by atoms with E-state index in [1.807, 2.05) is 51.1 Å². The van der Waals surface area contributed by atoms with Crippen LogP contribution in [-0.4, -0.2) is 75.5 Å². The van der Waals surface area contributed by atoms with E-state index in [4.69, 9.17) is 0 Å². The Bertz CT molecular complexity index is 973. The summed E-state index contributed by atoms with van der Waals surface area (Å²) in [4.78, 5) is 38.8. The summed E-state index contributed by atoms with van der Waals surface area (Å²) in [6.45, 7) is 5.41. The number of aromatic nitrogens is 2. The number of hydrogen-bond acceptors (Lipinski definition) is 7. The van der Waals surface area contributed by atoms with Crippen molar-refractivity contribution < 1.29 is 29.1 Å². The fourth-order valence-electron chi connectivity index (χ4n) is 3.30. The quantitative estimate of drug-likeness (QED) is 0.364. The largest absolute Gasteiger partial charge is 0.365 e. The van der Waals surface area contributed by atoms with Gasteiger partial charge < -0.3 is 14.7 Å². The molecule has 2 aromatic rings. The molecule has 30 heavy (non-hydrogen) atoms. The molecule has 7 nitrogen and oxygen atoms in total. The molecule has 8 heteroatoms. The number of carbonyl (C=O) groups is 2. The number of allylic oxidation sites excluding steroid dienone is 1. The smallest absolute Gasteiger partial charge is 0.227 e. The van der Waals surface area contributed by atoms with Gasteiger partial charge in [-0.05, 0) is 24.3 Å². The summed E-state index contributed by atoms with van der Waals surface area (Å²) in [5, 5.41) is 0. The van der Waals surface area contributed by atoms with Crippen molar-refractivity contribution >= 4 is 11.6 Å². The second-order valence-electron chi connectivity index (χ2n) is 7.31. The van der Waals surface area contributed by atoms with E-state index < -0.39 is 0 Å². The van der Waals surface area contributed by atoms with Gasteiger partial charge >= 0.3 is 0 Å². The molecule has 3 fully saturated rings. The minimum Gasteiger partial charge on any atom is -0.365 e. The number of Topliss-reactive ketones (excluding diaryl/α,β-unsaturated/α-hetero) is 1. The Hall–Kier alpha value is -2.86. The molecule has 0 N–H and O–H groups in total. The van der Waals surface area contributed by atoms with Crippen LogP contribution < -0.4 is 0 Å². The van der Waals surface area contributed by atoms with Crippen molar-refractivity contribution in [3.05, 3.63) is 72.0 Å². The molecule has 3 aliphatic heterocycles. The van der Waals surface area contributed by atoms with Gasteiger partial charge in [0.25, 0.3) is 0 Å². The third-order valence-electron chi connectivity index (χ3n) is 5.08. The van der Waals surface area contributed by atoms with Gasteiger partial charge in [-0.2, -0.15) is 0 Å². The Labute approximate surface area is 187 Å². The first kappa shape index (κ1) is 20.4. The number of rotatable bonds is 4. The van der Waals surface area contributed by atoms with Gasteiger partial charge in [0, 0.05) is 77.2 Å². The molecule has 3 saturated heterocycles. The minimum atomic E-state index is 0. The molecule has 1 aliphatic carbocycles. The van der Waals surface area contributed by atoms with Crippen LogP contribution in [-0.2, 0) is 29.1 Å². The number of carbonyl (C=O) groups excluding carboxylic acids is 2. The van der Waals surface area contributed by atoms with Crippen LogP contribution in [0.5, 0.6) is 0 Å². The summed E-state index contributed by atoms with van der Waals surface area (Å²) in [5.41, 5.74) is 3.72. The zero-order valence-electron chi connectivity index (χ0n) is 16.3. The molecule has 4 aliphatic rings. The van der Waals surface area contributed by atoms with Crippen LogP contribution in [0.3, 0.4) is 0 Å². The van der Waals surface area contributed by atoms with Gasteiger partial charge in [0.05, 0.1) is 17.1 Å². The zero-order valence-corrected chi connectivity index (χ0v) is 18.0. The number of hydrogen-bond donors (Lipinski definition) is 0. The van der Waals surface area contributed by atoms with E-state index in [0.29, 0.717) is 17.1 Å². The molecule has 0 saturated carbocycles. The fourth-order valence-corrected chi connectivity index (χ4v) is 3.30. The SMILES string of the molecule is O=C1C=C(N2CC2)C(=O)C(N2CC2)=C1N1CC1.[Rh].c1ccc(-c2ccccn2)nc1. The van der Waals surface area contributed by atoms with Crippen molar-refractivity contribution in [1.82, 2.24) is 24.7 Å². The molecule has 2 aromatic heterocycles. The number of nitrogens with zero attached hydrogens (tertiary/aromatic N) is 5. The topological polar surface area (TPSA) is 68.9 Å². The van der Waals surface area contributed by atoms with Crippen LogP contribution in [0.15, 0.2) is 72.0 Å². The summed E-state index contributed by atoms with van der Waals surface area (Å²) in [6, 6.07) is 11.6. The second kappa shape index (κ2) is 8.48. The van der Waals surface area contributed by atoms with E-state index in [9.17, 15) is 9.59 Å². The van der Waals surface area contributed by atoms with Gasteiger partial charge in [0.2, 0.25) is 11.6 Å². The van der Waals surface area contributed by atoms with Crippen LogP contribution in [0.2, 0.25) is 0 Å². The van der Waals surface area contributed by atoms with Crippen molar-refractivity contribution in [1.29, 1.82) is 0 Å². The van der Waals surface area contributed by atoms with E-state index in [0.717, 1.165) is 50.7 Å². The Morgan fingerprint density at radius 3 is 1.60 bits per heavy atom. The van der Waals surface area contributed by atoms with E-state index in [-0.39, 0.29) is 31.0 Å². The normalized spacial score (nSPS) is 18.9. The number of pyridine rings is 2.